The van der Waals surface area contributed by atoms with Crippen LogP contribution in [0.1, 0.15) is 35.8 Å². The fraction of sp³-hybridized carbons (Fsp3) is 0.421. The summed E-state index contributed by atoms with van der Waals surface area (Å²) in [6.45, 7) is 1.75. The standard InChI is InChI=1S/C19H22FN3O2/c1-25-13-18-21-8-7-17(22-18)15-5-3-9-23(12-15)19(24)11-14-4-2-6-16(20)10-14/h2,4,6-8,10,15H,3,5,9,11-13H2,1H3. The maximum atomic E-state index is 13.3. The number of hydrogen-bond acceptors (Lipinski definition) is 4. The van der Waals surface area contributed by atoms with Gasteiger partial charge in [0.15, 0.2) is 5.82 Å². The van der Waals surface area contributed by atoms with Crippen LogP contribution >= 0.6 is 0 Å². The molecule has 1 aromatic carbocycles. The zero-order valence-electron chi connectivity index (χ0n) is 14.3. The van der Waals surface area contributed by atoms with Crippen molar-refractivity contribution < 1.29 is 13.9 Å². The fourth-order valence-electron chi connectivity index (χ4n) is 3.22. The third kappa shape index (κ3) is 4.60. The summed E-state index contributed by atoms with van der Waals surface area (Å²) in [5.41, 5.74) is 1.65. The Morgan fingerprint density at radius 2 is 2.28 bits per heavy atom. The number of hydrogen-bond donors (Lipinski definition) is 0. The number of carbonyl (C=O) groups is 1. The first-order valence-electron chi connectivity index (χ1n) is 8.48. The zero-order valence-corrected chi connectivity index (χ0v) is 14.3. The first-order valence-corrected chi connectivity index (χ1v) is 8.48. The lowest BCUT2D eigenvalue weighted by Gasteiger charge is -2.32. The van der Waals surface area contributed by atoms with Gasteiger partial charge in [0.05, 0.1) is 6.42 Å². The average molecular weight is 343 g/mol. The van der Waals surface area contributed by atoms with Crippen LogP contribution in [0.3, 0.4) is 0 Å². The molecule has 0 spiro atoms. The Kier molecular flexibility index (Phi) is 5.71. The van der Waals surface area contributed by atoms with E-state index < -0.39 is 0 Å². The summed E-state index contributed by atoms with van der Waals surface area (Å²) in [5.74, 6) is 0.571. The van der Waals surface area contributed by atoms with E-state index >= 15 is 0 Å². The van der Waals surface area contributed by atoms with Crippen molar-refractivity contribution in [1.29, 1.82) is 0 Å². The zero-order chi connectivity index (χ0) is 17.6. The van der Waals surface area contributed by atoms with Crippen molar-refractivity contribution >= 4 is 5.91 Å². The number of likely N-dealkylation sites (tertiary alicyclic amines) is 1. The van der Waals surface area contributed by atoms with Gasteiger partial charge in [0.25, 0.3) is 0 Å². The van der Waals surface area contributed by atoms with E-state index in [1.807, 2.05) is 11.0 Å². The van der Waals surface area contributed by atoms with Crippen LogP contribution < -0.4 is 0 Å². The van der Waals surface area contributed by atoms with Crippen LogP contribution in [0.4, 0.5) is 4.39 Å². The maximum Gasteiger partial charge on any atom is 0.227 e. The van der Waals surface area contributed by atoms with Gasteiger partial charge in [-0.3, -0.25) is 4.79 Å². The molecule has 0 aliphatic carbocycles. The van der Waals surface area contributed by atoms with E-state index in [2.05, 4.69) is 9.97 Å². The van der Waals surface area contributed by atoms with Crippen LogP contribution in [0.5, 0.6) is 0 Å². The summed E-state index contributed by atoms with van der Waals surface area (Å²) in [4.78, 5) is 23.2. The highest BCUT2D eigenvalue weighted by Gasteiger charge is 2.25. The lowest BCUT2D eigenvalue weighted by molar-refractivity contribution is -0.131. The van der Waals surface area contributed by atoms with Crippen molar-refractivity contribution in [3.05, 3.63) is 59.4 Å². The van der Waals surface area contributed by atoms with Gasteiger partial charge in [-0.1, -0.05) is 12.1 Å². The van der Waals surface area contributed by atoms with E-state index in [4.69, 9.17) is 4.74 Å². The Hall–Kier alpha value is -2.34. The Bertz CT molecular complexity index is 738. The summed E-state index contributed by atoms with van der Waals surface area (Å²) in [5, 5.41) is 0. The lowest BCUT2D eigenvalue weighted by Crippen LogP contribution is -2.40. The second-order valence-corrected chi connectivity index (χ2v) is 6.32. The molecule has 0 N–H and O–H groups in total. The molecule has 0 saturated carbocycles. The highest BCUT2D eigenvalue weighted by atomic mass is 19.1. The summed E-state index contributed by atoms with van der Waals surface area (Å²) >= 11 is 0. The molecule has 1 aliphatic rings. The number of rotatable bonds is 5. The summed E-state index contributed by atoms with van der Waals surface area (Å²) in [6, 6.07) is 8.13. The van der Waals surface area contributed by atoms with Crippen molar-refractivity contribution in [1.82, 2.24) is 14.9 Å². The van der Waals surface area contributed by atoms with Gasteiger partial charge < -0.3 is 9.64 Å². The Labute approximate surface area is 146 Å². The second kappa shape index (κ2) is 8.16. The molecule has 0 bridgehead atoms. The maximum absolute atomic E-state index is 13.3. The second-order valence-electron chi connectivity index (χ2n) is 6.32. The van der Waals surface area contributed by atoms with Crippen molar-refractivity contribution in [2.45, 2.75) is 31.8 Å². The number of piperidine rings is 1. The topological polar surface area (TPSA) is 55.3 Å². The first kappa shape index (κ1) is 17.5. The van der Waals surface area contributed by atoms with E-state index in [9.17, 15) is 9.18 Å². The van der Waals surface area contributed by atoms with Crippen molar-refractivity contribution in [2.24, 2.45) is 0 Å². The number of methoxy groups -OCH3 is 1. The molecule has 1 atom stereocenters. The van der Waals surface area contributed by atoms with Crippen LogP contribution in [0.2, 0.25) is 0 Å². The van der Waals surface area contributed by atoms with Gasteiger partial charge in [-0.15, -0.1) is 0 Å². The molecule has 25 heavy (non-hydrogen) atoms. The number of carbonyl (C=O) groups excluding carboxylic acids is 1. The minimum absolute atomic E-state index is 0.0291. The van der Waals surface area contributed by atoms with Gasteiger partial charge in [0.2, 0.25) is 5.91 Å². The van der Waals surface area contributed by atoms with Crippen LogP contribution in [0.25, 0.3) is 0 Å². The summed E-state index contributed by atoms with van der Waals surface area (Å²) in [6.07, 6.45) is 3.89. The smallest absolute Gasteiger partial charge is 0.227 e. The van der Waals surface area contributed by atoms with Gasteiger partial charge in [-0.25, -0.2) is 14.4 Å². The summed E-state index contributed by atoms with van der Waals surface area (Å²) < 4.78 is 18.4. The van der Waals surface area contributed by atoms with Crippen molar-refractivity contribution in [2.75, 3.05) is 20.2 Å². The SMILES string of the molecule is COCc1nccc(C2CCCN(C(=O)Cc3cccc(F)c3)C2)n1. The molecule has 132 valence electrons. The van der Waals surface area contributed by atoms with E-state index in [1.54, 1.807) is 25.4 Å². The lowest BCUT2D eigenvalue weighted by atomic mass is 9.94. The predicted octanol–water partition coefficient (Wildman–Crippen LogP) is 2.71. The molecule has 1 aliphatic heterocycles. The van der Waals surface area contributed by atoms with E-state index in [0.29, 0.717) is 24.5 Å². The quantitative estimate of drug-likeness (QED) is 0.838. The van der Waals surface area contributed by atoms with E-state index in [0.717, 1.165) is 25.1 Å². The van der Waals surface area contributed by atoms with Gasteiger partial charge >= 0.3 is 0 Å². The highest BCUT2D eigenvalue weighted by molar-refractivity contribution is 5.79. The number of halogens is 1. The summed E-state index contributed by atoms with van der Waals surface area (Å²) in [7, 11) is 1.61. The molecule has 1 amide bonds. The Balaban J connectivity index is 1.66. The highest BCUT2D eigenvalue weighted by Crippen LogP contribution is 2.26. The fourth-order valence-corrected chi connectivity index (χ4v) is 3.22. The molecule has 1 aromatic heterocycles. The predicted molar refractivity (Wildman–Crippen MR) is 91.4 cm³/mol. The van der Waals surface area contributed by atoms with Crippen LogP contribution in [-0.4, -0.2) is 41.0 Å². The normalized spacial score (nSPS) is 17.5. The van der Waals surface area contributed by atoms with Crippen LogP contribution in [0.15, 0.2) is 36.5 Å². The average Bonchev–Trinajstić information content (AvgIpc) is 2.62. The molecule has 1 saturated heterocycles. The first-order chi connectivity index (χ1) is 12.2. The molecule has 5 nitrogen and oxygen atoms in total. The Morgan fingerprint density at radius 3 is 3.08 bits per heavy atom. The van der Waals surface area contributed by atoms with Crippen molar-refractivity contribution in [3.8, 4) is 0 Å². The van der Waals surface area contributed by atoms with E-state index in [-0.39, 0.29) is 24.1 Å². The monoisotopic (exact) mass is 343 g/mol. The third-order valence-corrected chi connectivity index (χ3v) is 4.44. The van der Waals surface area contributed by atoms with Crippen molar-refractivity contribution in [3.63, 3.8) is 0 Å². The molecule has 1 unspecified atom stereocenters. The Morgan fingerprint density at radius 1 is 1.40 bits per heavy atom. The molecule has 6 heteroatoms. The van der Waals surface area contributed by atoms with Crippen LogP contribution in [-0.2, 0) is 22.6 Å². The third-order valence-electron chi connectivity index (χ3n) is 4.44. The van der Waals surface area contributed by atoms with Gasteiger partial charge in [-0.2, -0.15) is 0 Å². The van der Waals surface area contributed by atoms with Crippen LogP contribution in [0, 0.1) is 5.82 Å². The molecular formula is C19H22FN3O2. The van der Waals surface area contributed by atoms with Gasteiger partial charge in [-0.05, 0) is 36.6 Å². The van der Waals surface area contributed by atoms with Gasteiger partial charge in [0, 0.05) is 38.0 Å². The molecule has 0 radical (unpaired) electrons. The molecule has 1 fully saturated rings. The van der Waals surface area contributed by atoms with E-state index in [1.165, 1.54) is 12.1 Å². The molecule has 2 heterocycles. The molecular weight excluding hydrogens is 321 g/mol. The minimum atomic E-state index is -0.312. The molecule has 3 rings (SSSR count). The van der Waals surface area contributed by atoms with Gasteiger partial charge in [0.1, 0.15) is 12.4 Å². The largest absolute Gasteiger partial charge is 0.377 e. The molecule has 2 aromatic rings. The number of nitrogens with zero attached hydrogens (tertiary/aromatic N) is 3. The number of benzene rings is 1. The number of amides is 1. The minimum Gasteiger partial charge on any atom is -0.377 e. The number of ether oxygens (including phenoxy) is 1. The number of aromatic nitrogens is 2.